The molecule has 0 unspecified atom stereocenters. The van der Waals surface area contributed by atoms with E-state index < -0.39 is 0 Å². The lowest BCUT2D eigenvalue weighted by Gasteiger charge is -1.99. The molecule has 2 aromatic rings. The minimum absolute atomic E-state index is 0.0996. The van der Waals surface area contributed by atoms with Gasteiger partial charge in [-0.25, -0.2) is 0 Å². The molecular weight excluding hydrogens is 267 g/mol. The largest absolute Gasteiger partial charge is 0.289 e. The molecule has 0 heterocycles. The van der Waals surface area contributed by atoms with E-state index in [9.17, 15) is 4.79 Å². The molecule has 0 radical (unpaired) electrons. The van der Waals surface area contributed by atoms with Crippen molar-refractivity contribution in [3.63, 3.8) is 0 Å². The van der Waals surface area contributed by atoms with Gasteiger partial charge in [0.1, 0.15) is 0 Å². The van der Waals surface area contributed by atoms with Crippen LogP contribution in [0.2, 0.25) is 10.0 Å². The maximum atomic E-state index is 11.9. The molecule has 0 aromatic heterocycles. The molecule has 0 aliphatic carbocycles. The summed E-state index contributed by atoms with van der Waals surface area (Å²) in [6.45, 7) is 0. The molecule has 0 atom stereocenters. The Bertz CT molecular complexity index is 589. The van der Waals surface area contributed by atoms with Gasteiger partial charge in [-0.3, -0.25) is 4.79 Å². The second kappa shape index (κ2) is 5.85. The highest BCUT2D eigenvalue weighted by Crippen LogP contribution is 2.23. The van der Waals surface area contributed by atoms with Crippen LogP contribution in [-0.2, 0) is 0 Å². The van der Waals surface area contributed by atoms with Crippen molar-refractivity contribution < 1.29 is 4.79 Å². The first-order valence-corrected chi connectivity index (χ1v) is 6.15. The van der Waals surface area contributed by atoms with E-state index in [-0.39, 0.29) is 5.78 Å². The molecule has 0 spiro atoms. The monoisotopic (exact) mass is 276 g/mol. The number of hydrogen-bond donors (Lipinski definition) is 0. The molecule has 2 rings (SSSR count). The molecule has 0 saturated heterocycles. The van der Waals surface area contributed by atoms with Gasteiger partial charge in [0.2, 0.25) is 0 Å². The molecule has 1 nitrogen and oxygen atoms in total. The summed E-state index contributed by atoms with van der Waals surface area (Å²) in [6, 6.07) is 14.5. The van der Waals surface area contributed by atoms with Gasteiger partial charge in [-0.2, -0.15) is 0 Å². The third kappa shape index (κ3) is 3.22. The van der Waals surface area contributed by atoms with Gasteiger partial charge in [0.05, 0.1) is 10.0 Å². The van der Waals surface area contributed by atoms with Crippen LogP contribution in [0, 0.1) is 0 Å². The van der Waals surface area contributed by atoms with Crippen LogP contribution in [0.4, 0.5) is 0 Å². The summed E-state index contributed by atoms with van der Waals surface area (Å²) in [5.41, 5.74) is 1.50. The van der Waals surface area contributed by atoms with Gasteiger partial charge in [-0.15, -0.1) is 0 Å². The summed E-state index contributed by atoms with van der Waals surface area (Å²) in [7, 11) is 0. The van der Waals surface area contributed by atoms with Gasteiger partial charge in [-0.1, -0.05) is 59.6 Å². The number of ketones is 1. The van der Waals surface area contributed by atoms with Crippen LogP contribution in [-0.4, -0.2) is 5.78 Å². The van der Waals surface area contributed by atoms with Gasteiger partial charge in [-0.05, 0) is 29.8 Å². The molecule has 90 valence electrons. The lowest BCUT2D eigenvalue weighted by molar-refractivity contribution is 0.104. The highest BCUT2D eigenvalue weighted by atomic mass is 35.5. The van der Waals surface area contributed by atoms with Crippen LogP contribution in [0.15, 0.2) is 54.6 Å². The third-order valence-corrected chi connectivity index (χ3v) is 3.17. The average Bonchev–Trinajstić information content (AvgIpc) is 2.40. The summed E-state index contributed by atoms with van der Waals surface area (Å²) in [6.07, 6.45) is 3.29. The zero-order valence-corrected chi connectivity index (χ0v) is 10.9. The molecule has 2 aromatic carbocycles. The van der Waals surface area contributed by atoms with Crippen molar-refractivity contribution in [2.45, 2.75) is 0 Å². The second-order valence-corrected chi connectivity index (χ2v) is 4.55. The van der Waals surface area contributed by atoms with Crippen molar-refractivity contribution in [1.82, 2.24) is 0 Å². The Kier molecular flexibility index (Phi) is 4.19. The fraction of sp³-hybridized carbons (Fsp3) is 0. The number of benzene rings is 2. The Hall–Kier alpha value is -1.57. The van der Waals surface area contributed by atoms with E-state index in [0.717, 1.165) is 5.56 Å². The van der Waals surface area contributed by atoms with Gasteiger partial charge < -0.3 is 0 Å². The van der Waals surface area contributed by atoms with E-state index in [1.54, 1.807) is 24.3 Å². The van der Waals surface area contributed by atoms with Gasteiger partial charge in [0.25, 0.3) is 0 Å². The SMILES string of the molecule is O=C(/C=C/c1ccccc1)c1ccc(Cl)c(Cl)c1. The van der Waals surface area contributed by atoms with Crippen LogP contribution < -0.4 is 0 Å². The van der Waals surface area contributed by atoms with Crippen LogP contribution in [0.3, 0.4) is 0 Å². The Morgan fingerprint density at radius 3 is 2.33 bits per heavy atom. The van der Waals surface area contributed by atoms with E-state index in [1.165, 1.54) is 6.08 Å². The lowest BCUT2D eigenvalue weighted by atomic mass is 10.1. The van der Waals surface area contributed by atoms with Crippen LogP contribution in [0.1, 0.15) is 15.9 Å². The maximum Gasteiger partial charge on any atom is 0.185 e. The van der Waals surface area contributed by atoms with Crippen molar-refractivity contribution in [3.05, 3.63) is 75.8 Å². The van der Waals surface area contributed by atoms with Crippen molar-refractivity contribution in [1.29, 1.82) is 0 Å². The Morgan fingerprint density at radius 1 is 0.944 bits per heavy atom. The molecule has 0 bridgehead atoms. The predicted octanol–water partition coefficient (Wildman–Crippen LogP) is 4.89. The fourth-order valence-corrected chi connectivity index (χ4v) is 1.78. The van der Waals surface area contributed by atoms with Crippen molar-refractivity contribution in [2.75, 3.05) is 0 Å². The molecule has 18 heavy (non-hydrogen) atoms. The maximum absolute atomic E-state index is 11.9. The van der Waals surface area contributed by atoms with Crippen LogP contribution in [0.5, 0.6) is 0 Å². The zero-order valence-electron chi connectivity index (χ0n) is 9.44. The number of halogens is 2. The van der Waals surface area contributed by atoms with Gasteiger partial charge in [0, 0.05) is 5.56 Å². The normalized spacial score (nSPS) is 10.8. The van der Waals surface area contributed by atoms with E-state index in [1.807, 2.05) is 30.3 Å². The summed E-state index contributed by atoms with van der Waals surface area (Å²) in [5.74, 6) is -0.0996. The number of hydrogen-bond acceptors (Lipinski definition) is 1. The third-order valence-electron chi connectivity index (χ3n) is 2.43. The van der Waals surface area contributed by atoms with E-state index >= 15 is 0 Å². The molecular formula is C15H10Cl2O. The molecule has 0 saturated carbocycles. The summed E-state index contributed by atoms with van der Waals surface area (Å²) < 4.78 is 0. The number of allylic oxidation sites excluding steroid dienone is 1. The number of carbonyl (C=O) groups is 1. The molecule has 0 fully saturated rings. The zero-order chi connectivity index (χ0) is 13.0. The first kappa shape index (κ1) is 12.9. The van der Waals surface area contributed by atoms with Gasteiger partial charge in [0.15, 0.2) is 5.78 Å². The smallest absolute Gasteiger partial charge is 0.185 e. The standard InChI is InChI=1S/C15H10Cl2O/c16-13-8-7-12(10-14(13)17)15(18)9-6-11-4-2-1-3-5-11/h1-10H/b9-6+. The van der Waals surface area contributed by atoms with Crippen molar-refractivity contribution >= 4 is 35.1 Å². The quantitative estimate of drug-likeness (QED) is 0.576. The van der Waals surface area contributed by atoms with E-state index in [4.69, 9.17) is 23.2 Å². The van der Waals surface area contributed by atoms with E-state index in [2.05, 4.69) is 0 Å². The minimum atomic E-state index is -0.0996. The second-order valence-electron chi connectivity index (χ2n) is 3.74. The fourth-order valence-electron chi connectivity index (χ4n) is 1.48. The highest BCUT2D eigenvalue weighted by molar-refractivity contribution is 6.42. The van der Waals surface area contributed by atoms with E-state index in [0.29, 0.717) is 15.6 Å². The molecule has 0 N–H and O–H groups in total. The molecule has 0 aliphatic rings. The Balaban J connectivity index is 2.17. The van der Waals surface area contributed by atoms with Crippen molar-refractivity contribution in [3.8, 4) is 0 Å². The first-order valence-electron chi connectivity index (χ1n) is 5.39. The summed E-state index contributed by atoms with van der Waals surface area (Å²) in [4.78, 5) is 11.9. The molecule has 0 amide bonds. The summed E-state index contributed by atoms with van der Waals surface area (Å²) in [5, 5.41) is 0.830. The number of rotatable bonds is 3. The molecule has 3 heteroatoms. The first-order chi connectivity index (χ1) is 8.66. The topological polar surface area (TPSA) is 17.1 Å². The Labute approximate surface area is 116 Å². The average molecular weight is 277 g/mol. The number of carbonyl (C=O) groups excluding carboxylic acids is 1. The van der Waals surface area contributed by atoms with Gasteiger partial charge >= 0.3 is 0 Å². The minimum Gasteiger partial charge on any atom is -0.289 e. The van der Waals surface area contributed by atoms with Crippen LogP contribution >= 0.6 is 23.2 Å². The molecule has 0 aliphatic heterocycles. The Morgan fingerprint density at radius 2 is 1.67 bits per heavy atom. The predicted molar refractivity (Wildman–Crippen MR) is 76.3 cm³/mol. The highest BCUT2D eigenvalue weighted by Gasteiger charge is 2.04. The van der Waals surface area contributed by atoms with Crippen molar-refractivity contribution in [2.24, 2.45) is 0 Å². The van der Waals surface area contributed by atoms with Crippen LogP contribution in [0.25, 0.3) is 6.08 Å². The lowest BCUT2D eigenvalue weighted by Crippen LogP contribution is -1.93. The summed E-state index contributed by atoms with van der Waals surface area (Å²) >= 11 is 11.7.